The molecule has 0 radical (unpaired) electrons. The Balaban J connectivity index is 2.72. The largest absolute Gasteiger partial charge is 0.357 e. The maximum absolute atomic E-state index is 4.63. The Morgan fingerprint density at radius 2 is 1.72 bits per heavy atom. The number of guanidine groups is 1. The molecule has 0 aliphatic heterocycles. The van der Waals surface area contributed by atoms with E-state index in [1.165, 1.54) is 5.56 Å². The van der Waals surface area contributed by atoms with Crippen molar-refractivity contribution in [2.45, 2.75) is 33.1 Å². The smallest absolute Gasteiger partial charge is 0.191 e. The van der Waals surface area contributed by atoms with Crippen molar-refractivity contribution in [1.29, 1.82) is 0 Å². The van der Waals surface area contributed by atoms with E-state index in [0.29, 0.717) is 0 Å². The second-order valence-electron chi connectivity index (χ2n) is 4.85. The molecule has 1 heterocycles. The molecule has 1 aromatic heterocycles. The van der Waals surface area contributed by atoms with E-state index >= 15 is 0 Å². The molecule has 1 aromatic rings. The molecule has 4 heteroatoms. The summed E-state index contributed by atoms with van der Waals surface area (Å²) in [5, 5.41) is 6.47. The van der Waals surface area contributed by atoms with E-state index in [2.05, 4.69) is 60.4 Å². The molecule has 0 aliphatic rings. The summed E-state index contributed by atoms with van der Waals surface area (Å²) in [4.78, 5) is 8.68. The number of nitrogens with zero attached hydrogens (tertiary/aromatic N) is 2. The summed E-state index contributed by atoms with van der Waals surface area (Å²) in [5.74, 6) is 0.877. The van der Waals surface area contributed by atoms with Crippen LogP contribution in [0.5, 0.6) is 0 Å². The lowest BCUT2D eigenvalue weighted by Gasteiger charge is -2.23. The maximum atomic E-state index is 4.63. The highest BCUT2D eigenvalue weighted by atomic mass is 15.2. The molecule has 2 N–H and O–H groups in total. The summed E-state index contributed by atoms with van der Waals surface area (Å²) in [5.41, 5.74) is 1.27. The van der Waals surface area contributed by atoms with E-state index in [0.717, 1.165) is 25.6 Å². The first kappa shape index (κ1) is 14.5. The van der Waals surface area contributed by atoms with Gasteiger partial charge in [0.15, 0.2) is 5.96 Å². The highest BCUT2D eigenvalue weighted by molar-refractivity contribution is 5.79. The summed E-state index contributed by atoms with van der Waals surface area (Å²) in [6.07, 6.45) is 3.66. The molecule has 0 bridgehead atoms. The van der Waals surface area contributed by atoms with Crippen molar-refractivity contribution in [3.05, 3.63) is 30.1 Å². The van der Waals surface area contributed by atoms with Crippen molar-refractivity contribution in [3.63, 3.8) is 0 Å². The van der Waals surface area contributed by atoms with Gasteiger partial charge in [0.1, 0.15) is 0 Å². The van der Waals surface area contributed by atoms with Crippen LogP contribution in [0, 0.1) is 0 Å². The topological polar surface area (TPSA) is 49.3 Å². The van der Waals surface area contributed by atoms with Crippen molar-refractivity contribution in [1.82, 2.24) is 15.6 Å². The molecule has 0 fully saturated rings. The van der Waals surface area contributed by atoms with Gasteiger partial charge in [0, 0.05) is 30.9 Å². The molecule has 0 unspecified atom stereocenters. The summed E-state index contributed by atoms with van der Waals surface area (Å²) >= 11 is 0. The van der Waals surface area contributed by atoms with Gasteiger partial charge in [-0.2, -0.15) is 0 Å². The summed E-state index contributed by atoms with van der Waals surface area (Å²) < 4.78 is 0. The molecule has 0 aromatic carbocycles. The zero-order chi connectivity index (χ0) is 13.4. The molecule has 0 saturated carbocycles. The number of hydrogen-bond donors (Lipinski definition) is 2. The molecule has 0 amide bonds. The molecule has 0 saturated heterocycles. The number of aromatic nitrogens is 1. The minimum Gasteiger partial charge on any atom is -0.357 e. The van der Waals surface area contributed by atoms with Crippen LogP contribution in [0.2, 0.25) is 0 Å². The number of nitrogens with one attached hydrogen (secondary N) is 2. The van der Waals surface area contributed by atoms with Gasteiger partial charge in [-0.3, -0.25) is 9.98 Å². The van der Waals surface area contributed by atoms with E-state index in [-0.39, 0.29) is 5.41 Å². The van der Waals surface area contributed by atoms with Crippen molar-refractivity contribution in [3.8, 4) is 0 Å². The van der Waals surface area contributed by atoms with Crippen LogP contribution in [-0.2, 0) is 5.41 Å². The Morgan fingerprint density at radius 3 is 2.22 bits per heavy atom. The third-order valence-electron chi connectivity index (χ3n) is 2.78. The van der Waals surface area contributed by atoms with Gasteiger partial charge in [0.25, 0.3) is 0 Å². The predicted molar refractivity (Wildman–Crippen MR) is 76.9 cm³/mol. The summed E-state index contributed by atoms with van der Waals surface area (Å²) in [6.45, 7) is 11.0. The summed E-state index contributed by atoms with van der Waals surface area (Å²) in [7, 11) is 0. The number of aliphatic imine (C=N–C) groups is 1. The molecular formula is C14H24N4. The van der Waals surface area contributed by atoms with Gasteiger partial charge in [0.05, 0.1) is 6.54 Å². The fraction of sp³-hybridized carbons (Fsp3) is 0.571. The van der Waals surface area contributed by atoms with Gasteiger partial charge >= 0.3 is 0 Å². The number of pyridine rings is 1. The lowest BCUT2D eigenvalue weighted by molar-refractivity contribution is 0.537. The Labute approximate surface area is 110 Å². The minimum absolute atomic E-state index is 0.0129. The van der Waals surface area contributed by atoms with Gasteiger partial charge in [-0.05, 0) is 31.5 Å². The first-order chi connectivity index (χ1) is 8.60. The third-order valence-corrected chi connectivity index (χ3v) is 2.78. The Morgan fingerprint density at radius 1 is 1.17 bits per heavy atom. The molecule has 0 aliphatic carbocycles. The van der Waals surface area contributed by atoms with Crippen LogP contribution in [0.4, 0.5) is 0 Å². The Kier molecular flexibility index (Phi) is 5.62. The van der Waals surface area contributed by atoms with Crippen molar-refractivity contribution in [2.75, 3.05) is 19.6 Å². The molecule has 100 valence electrons. The molecular weight excluding hydrogens is 224 g/mol. The second kappa shape index (κ2) is 6.99. The molecule has 18 heavy (non-hydrogen) atoms. The van der Waals surface area contributed by atoms with Crippen LogP contribution >= 0.6 is 0 Å². The highest BCUT2D eigenvalue weighted by Gasteiger charge is 2.20. The average Bonchev–Trinajstić information content (AvgIpc) is 2.38. The lowest BCUT2D eigenvalue weighted by atomic mass is 9.85. The van der Waals surface area contributed by atoms with E-state index < -0.39 is 0 Å². The highest BCUT2D eigenvalue weighted by Crippen LogP contribution is 2.22. The van der Waals surface area contributed by atoms with Gasteiger partial charge in [-0.1, -0.05) is 13.8 Å². The summed E-state index contributed by atoms with van der Waals surface area (Å²) in [6, 6.07) is 4.10. The van der Waals surface area contributed by atoms with E-state index in [1.54, 1.807) is 0 Å². The quantitative estimate of drug-likeness (QED) is 0.618. The zero-order valence-electron chi connectivity index (χ0n) is 11.8. The number of hydrogen-bond acceptors (Lipinski definition) is 2. The fourth-order valence-corrected chi connectivity index (χ4v) is 1.68. The van der Waals surface area contributed by atoms with Crippen molar-refractivity contribution < 1.29 is 0 Å². The Bertz CT molecular complexity index is 363. The van der Waals surface area contributed by atoms with Gasteiger partial charge < -0.3 is 10.6 Å². The van der Waals surface area contributed by atoms with E-state index in [4.69, 9.17) is 0 Å². The van der Waals surface area contributed by atoms with E-state index in [9.17, 15) is 0 Å². The molecule has 0 spiro atoms. The van der Waals surface area contributed by atoms with Crippen LogP contribution in [0.3, 0.4) is 0 Å². The zero-order valence-corrected chi connectivity index (χ0v) is 11.8. The Hall–Kier alpha value is -1.58. The lowest BCUT2D eigenvalue weighted by Crippen LogP contribution is -2.38. The normalized spacial score (nSPS) is 10.9. The second-order valence-corrected chi connectivity index (χ2v) is 4.85. The van der Waals surface area contributed by atoms with Gasteiger partial charge in [0.2, 0.25) is 0 Å². The van der Waals surface area contributed by atoms with Crippen LogP contribution in [0.1, 0.15) is 33.3 Å². The SMILES string of the molecule is CCNC(=NCC(C)(C)c1ccncc1)NCC. The minimum atomic E-state index is 0.0129. The monoisotopic (exact) mass is 248 g/mol. The van der Waals surface area contributed by atoms with Crippen molar-refractivity contribution in [2.24, 2.45) is 4.99 Å². The first-order valence-corrected chi connectivity index (χ1v) is 6.53. The van der Waals surface area contributed by atoms with Crippen LogP contribution in [-0.4, -0.2) is 30.6 Å². The maximum Gasteiger partial charge on any atom is 0.191 e. The molecule has 1 rings (SSSR count). The van der Waals surface area contributed by atoms with Gasteiger partial charge in [-0.15, -0.1) is 0 Å². The predicted octanol–water partition coefficient (Wildman–Crippen LogP) is 1.93. The third kappa shape index (κ3) is 4.35. The van der Waals surface area contributed by atoms with E-state index in [1.807, 2.05) is 12.4 Å². The fourth-order valence-electron chi connectivity index (χ4n) is 1.68. The van der Waals surface area contributed by atoms with Crippen LogP contribution < -0.4 is 10.6 Å². The number of rotatable bonds is 5. The van der Waals surface area contributed by atoms with Crippen LogP contribution in [0.15, 0.2) is 29.5 Å². The van der Waals surface area contributed by atoms with Crippen LogP contribution in [0.25, 0.3) is 0 Å². The average molecular weight is 248 g/mol. The first-order valence-electron chi connectivity index (χ1n) is 6.53. The van der Waals surface area contributed by atoms with Gasteiger partial charge in [-0.25, -0.2) is 0 Å². The molecule has 4 nitrogen and oxygen atoms in total. The standard InChI is InChI=1S/C14H24N4/c1-5-16-13(17-6-2)18-11-14(3,4)12-7-9-15-10-8-12/h7-10H,5-6,11H2,1-4H3,(H2,16,17,18). The molecule has 0 atom stereocenters. The van der Waals surface area contributed by atoms with Crippen molar-refractivity contribution >= 4 is 5.96 Å².